The molecule has 0 heterocycles. The van der Waals surface area contributed by atoms with E-state index >= 15 is 0 Å². The van der Waals surface area contributed by atoms with Gasteiger partial charge in [0.1, 0.15) is 0 Å². The highest BCUT2D eigenvalue weighted by molar-refractivity contribution is 6.64. The summed E-state index contributed by atoms with van der Waals surface area (Å²) in [6.45, 7) is 3.99. The van der Waals surface area contributed by atoms with Crippen molar-refractivity contribution < 1.29 is 8.85 Å². The van der Waals surface area contributed by atoms with Crippen LogP contribution >= 0.6 is 0 Å². The lowest BCUT2D eigenvalue weighted by molar-refractivity contribution is 0.258. The van der Waals surface area contributed by atoms with Crippen molar-refractivity contribution in [1.82, 2.24) is 0 Å². The first kappa shape index (κ1) is 11.2. The highest BCUT2D eigenvalue weighted by Crippen LogP contribution is 1.99. The molecule has 0 atom stereocenters. The van der Waals surface area contributed by atoms with Gasteiger partial charge in [-0.1, -0.05) is 0 Å². The lowest BCUT2D eigenvalue weighted by atomic mass is 11.8. The van der Waals surface area contributed by atoms with Crippen LogP contribution in [0.4, 0.5) is 0 Å². The van der Waals surface area contributed by atoms with Gasteiger partial charge < -0.3 is 8.85 Å². The van der Waals surface area contributed by atoms with E-state index in [9.17, 15) is 0 Å². The van der Waals surface area contributed by atoms with Crippen LogP contribution in [0.3, 0.4) is 0 Å². The molecule has 0 rings (SSSR count). The minimum absolute atomic E-state index is 0. The van der Waals surface area contributed by atoms with Gasteiger partial charge >= 0.3 is 8.56 Å². The van der Waals surface area contributed by atoms with Gasteiger partial charge in [-0.05, 0) is 24.1 Å². The van der Waals surface area contributed by atoms with E-state index in [1.165, 1.54) is 0 Å². The Kier molecular flexibility index (Phi) is 5.95. The fourth-order valence-corrected chi connectivity index (χ4v) is 0.250. The zero-order valence-electron chi connectivity index (χ0n) is 5.32. The van der Waals surface area contributed by atoms with Gasteiger partial charge in [-0.15, -0.1) is 0 Å². The monoisotopic (exact) mass is 152 g/mol. The molecule has 4 heteroatoms. The molecule has 0 aliphatic heterocycles. The molecule has 0 unspecified atom stereocenters. The summed E-state index contributed by atoms with van der Waals surface area (Å²) in [6.07, 6.45) is 0. The van der Waals surface area contributed by atoms with E-state index in [0.29, 0.717) is 0 Å². The fourth-order valence-electron chi connectivity index (χ4n) is 0.0833. The Morgan fingerprint density at radius 1 is 1.00 bits per heavy atom. The average molecular weight is 152 g/mol. The molecular weight excluding hydrogens is 136 g/mol. The summed E-state index contributed by atoms with van der Waals surface area (Å²) in [4.78, 5) is 0. The van der Waals surface area contributed by atoms with Crippen molar-refractivity contribution in [2.75, 3.05) is 14.2 Å². The Morgan fingerprint density at radius 3 is 1.25 bits per heavy atom. The van der Waals surface area contributed by atoms with E-state index in [1.807, 2.05) is 13.1 Å². The highest BCUT2D eigenvalue weighted by Gasteiger charge is 2.19. The SMILES string of the molecule is CO[Si](C)(C)OC.[SiH4]. The van der Waals surface area contributed by atoms with Gasteiger partial charge in [-0.25, -0.2) is 0 Å². The Labute approximate surface area is 56.5 Å². The maximum Gasteiger partial charge on any atom is 0.331 e. The van der Waals surface area contributed by atoms with Gasteiger partial charge in [0.25, 0.3) is 0 Å². The Balaban J connectivity index is 0. The summed E-state index contributed by atoms with van der Waals surface area (Å²) in [6, 6.07) is 0. The lowest BCUT2D eigenvalue weighted by Crippen LogP contribution is -2.31. The van der Waals surface area contributed by atoms with E-state index in [2.05, 4.69) is 0 Å². The molecular formula is C4H16O2Si2. The van der Waals surface area contributed by atoms with Crippen LogP contribution in [0.15, 0.2) is 0 Å². The second-order valence-electron chi connectivity index (χ2n) is 1.81. The summed E-state index contributed by atoms with van der Waals surface area (Å²) < 4.78 is 10.0. The van der Waals surface area contributed by atoms with Gasteiger partial charge in [0.2, 0.25) is 0 Å². The van der Waals surface area contributed by atoms with E-state index in [-0.39, 0.29) is 11.0 Å². The normalized spacial score (nSPS) is 10.5. The van der Waals surface area contributed by atoms with Gasteiger partial charge in [0, 0.05) is 14.2 Å². The van der Waals surface area contributed by atoms with Crippen molar-refractivity contribution in [3.63, 3.8) is 0 Å². The van der Waals surface area contributed by atoms with Crippen molar-refractivity contribution in [2.45, 2.75) is 13.1 Å². The van der Waals surface area contributed by atoms with Crippen LogP contribution < -0.4 is 0 Å². The maximum absolute atomic E-state index is 5.00. The van der Waals surface area contributed by atoms with E-state index in [1.54, 1.807) is 14.2 Å². The molecule has 0 aromatic heterocycles. The smallest absolute Gasteiger partial charge is 0.331 e. The molecule has 0 bridgehead atoms. The van der Waals surface area contributed by atoms with E-state index < -0.39 is 8.56 Å². The topological polar surface area (TPSA) is 18.5 Å². The molecule has 0 fully saturated rings. The second kappa shape index (κ2) is 4.25. The van der Waals surface area contributed by atoms with Gasteiger partial charge in [0.15, 0.2) is 0 Å². The molecule has 0 aromatic rings. The Morgan fingerprint density at radius 2 is 1.25 bits per heavy atom. The average Bonchev–Trinajstić information content (AvgIpc) is 1.68. The molecule has 0 aromatic carbocycles. The summed E-state index contributed by atoms with van der Waals surface area (Å²) in [5.41, 5.74) is 0. The Bertz CT molecular complexity index is 50.0. The molecule has 8 heavy (non-hydrogen) atoms. The predicted octanol–water partition coefficient (Wildman–Crippen LogP) is -0.471. The van der Waals surface area contributed by atoms with Crippen molar-refractivity contribution in [2.24, 2.45) is 0 Å². The summed E-state index contributed by atoms with van der Waals surface area (Å²) in [7, 11) is 1.70. The maximum atomic E-state index is 5.00. The van der Waals surface area contributed by atoms with Crippen LogP contribution in [0.1, 0.15) is 0 Å². The van der Waals surface area contributed by atoms with Crippen LogP contribution in [0.25, 0.3) is 0 Å². The van der Waals surface area contributed by atoms with Gasteiger partial charge in [-0.3, -0.25) is 0 Å². The van der Waals surface area contributed by atoms with Gasteiger partial charge in [-0.2, -0.15) is 0 Å². The second-order valence-corrected chi connectivity index (χ2v) is 5.42. The third-order valence-electron chi connectivity index (χ3n) is 0.983. The first-order valence-electron chi connectivity index (χ1n) is 2.22. The fraction of sp³-hybridized carbons (Fsp3) is 1.00. The van der Waals surface area contributed by atoms with E-state index in [4.69, 9.17) is 8.85 Å². The van der Waals surface area contributed by atoms with Crippen molar-refractivity contribution in [3.05, 3.63) is 0 Å². The zero-order valence-corrected chi connectivity index (χ0v) is 6.32. The number of hydrogen-bond acceptors (Lipinski definition) is 2. The molecule has 0 radical (unpaired) electrons. The molecule has 0 amide bonds. The molecule has 0 N–H and O–H groups in total. The van der Waals surface area contributed by atoms with Crippen LogP contribution in [0.5, 0.6) is 0 Å². The first-order chi connectivity index (χ1) is 3.12. The van der Waals surface area contributed by atoms with Crippen molar-refractivity contribution in [1.29, 1.82) is 0 Å². The minimum atomic E-state index is -1.65. The van der Waals surface area contributed by atoms with Crippen LogP contribution in [-0.2, 0) is 8.85 Å². The summed E-state index contributed by atoms with van der Waals surface area (Å²) >= 11 is 0. The predicted molar refractivity (Wildman–Crippen MR) is 42.8 cm³/mol. The minimum Gasteiger partial charge on any atom is -0.398 e. The van der Waals surface area contributed by atoms with Crippen molar-refractivity contribution >= 4 is 19.5 Å². The molecule has 52 valence electrons. The molecule has 0 saturated carbocycles. The number of hydrogen-bond donors (Lipinski definition) is 0. The van der Waals surface area contributed by atoms with Crippen LogP contribution in [-0.4, -0.2) is 33.7 Å². The van der Waals surface area contributed by atoms with E-state index in [0.717, 1.165) is 0 Å². The largest absolute Gasteiger partial charge is 0.398 e. The standard InChI is InChI=1S/C4H12O2Si.H4Si/c1-5-7(3,4)6-2;/h1-4H3;1H4. The van der Waals surface area contributed by atoms with Gasteiger partial charge in [0.05, 0.1) is 0 Å². The molecule has 0 spiro atoms. The quantitative estimate of drug-likeness (QED) is 0.498. The molecule has 0 aliphatic carbocycles. The summed E-state index contributed by atoms with van der Waals surface area (Å²) in [5, 5.41) is 0. The molecule has 0 saturated heterocycles. The first-order valence-corrected chi connectivity index (χ1v) is 5.04. The Hall–Kier alpha value is 0.354. The van der Waals surface area contributed by atoms with Crippen LogP contribution in [0.2, 0.25) is 13.1 Å². The van der Waals surface area contributed by atoms with Crippen LogP contribution in [0, 0.1) is 0 Å². The lowest BCUT2D eigenvalue weighted by Gasteiger charge is -2.15. The third kappa shape index (κ3) is 4.51. The third-order valence-corrected chi connectivity index (χ3v) is 2.95. The zero-order chi connectivity index (χ0) is 5.91. The van der Waals surface area contributed by atoms with Crippen molar-refractivity contribution in [3.8, 4) is 0 Å². The molecule has 0 aliphatic rings. The number of rotatable bonds is 2. The molecule has 2 nitrogen and oxygen atoms in total. The highest BCUT2D eigenvalue weighted by atomic mass is 28.4. The summed E-state index contributed by atoms with van der Waals surface area (Å²) in [5.74, 6) is 0.